The number of rotatable bonds is 10. The molecule has 1 atom stereocenters. The Balaban J connectivity index is 2.88. The second-order valence-electron chi connectivity index (χ2n) is 4.32. The Morgan fingerprint density at radius 1 is 0.810 bits per heavy atom. The van der Waals surface area contributed by atoms with Gasteiger partial charge < -0.3 is 13.6 Å². The minimum Gasteiger partial charge on any atom is -0.326 e. The fraction of sp³-hybridized carbons (Fsp3) is 0.571. The smallest absolute Gasteiger partial charge is 0.326 e. The molecule has 0 aliphatic rings. The highest BCUT2D eigenvalue weighted by Crippen LogP contribution is 2.54. The molecular formula is C14H24O5P2. The third-order valence-corrected chi connectivity index (χ3v) is 7.81. The van der Waals surface area contributed by atoms with Crippen LogP contribution in [0.3, 0.4) is 0 Å². The van der Waals surface area contributed by atoms with Crippen LogP contribution in [-0.4, -0.2) is 32.1 Å². The first-order chi connectivity index (χ1) is 9.99. The summed E-state index contributed by atoms with van der Waals surface area (Å²) in [5.41, 5.74) is 0. The SMILES string of the molecule is CCOP(=O)(CCP(=O)(OCC)c1ccccc1)OCC. The molecule has 0 fully saturated rings. The summed E-state index contributed by atoms with van der Waals surface area (Å²) < 4.78 is 41.5. The largest absolute Gasteiger partial charge is 0.331 e. The first-order valence-electron chi connectivity index (χ1n) is 7.17. The van der Waals surface area contributed by atoms with Crippen molar-refractivity contribution in [1.82, 2.24) is 0 Å². The monoisotopic (exact) mass is 334 g/mol. The zero-order chi connectivity index (χ0) is 15.8. The fourth-order valence-electron chi connectivity index (χ4n) is 1.95. The van der Waals surface area contributed by atoms with Gasteiger partial charge in [-0.25, -0.2) is 0 Å². The Morgan fingerprint density at radius 3 is 1.81 bits per heavy atom. The van der Waals surface area contributed by atoms with Crippen molar-refractivity contribution in [2.75, 3.05) is 32.1 Å². The minimum absolute atomic E-state index is 0.0842. The molecule has 0 N–H and O–H groups in total. The average molecular weight is 334 g/mol. The lowest BCUT2D eigenvalue weighted by Crippen LogP contribution is -2.14. The van der Waals surface area contributed by atoms with Gasteiger partial charge in [0, 0.05) is 11.5 Å². The summed E-state index contributed by atoms with van der Waals surface area (Å²) in [6.45, 7) is 6.22. The van der Waals surface area contributed by atoms with Gasteiger partial charge in [-0.05, 0) is 32.9 Å². The summed E-state index contributed by atoms with van der Waals surface area (Å²) in [4.78, 5) is 0. The van der Waals surface area contributed by atoms with Crippen molar-refractivity contribution in [1.29, 1.82) is 0 Å². The van der Waals surface area contributed by atoms with E-state index in [4.69, 9.17) is 13.6 Å². The van der Waals surface area contributed by atoms with Gasteiger partial charge in [-0.2, -0.15) is 0 Å². The van der Waals surface area contributed by atoms with Crippen LogP contribution in [0.1, 0.15) is 20.8 Å². The highest BCUT2D eigenvalue weighted by atomic mass is 31.2. The van der Waals surface area contributed by atoms with Crippen molar-refractivity contribution in [2.45, 2.75) is 20.8 Å². The highest BCUT2D eigenvalue weighted by molar-refractivity contribution is 7.68. The van der Waals surface area contributed by atoms with Crippen molar-refractivity contribution in [3.63, 3.8) is 0 Å². The lowest BCUT2D eigenvalue weighted by Gasteiger charge is -2.21. The molecular weight excluding hydrogens is 310 g/mol. The van der Waals surface area contributed by atoms with Crippen LogP contribution in [-0.2, 0) is 22.7 Å². The normalized spacial score (nSPS) is 14.8. The molecule has 0 spiro atoms. The van der Waals surface area contributed by atoms with Gasteiger partial charge in [-0.15, -0.1) is 0 Å². The van der Waals surface area contributed by atoms with Crippen LogP contribution in [0.5, 0.6) is 0 Å². The number of hydrogen-bond donors (Lipinski definition) is 0. The van der Waals surface area contributed by atoms with E-state index < -0.39 is 15.0 Å². The molecule has 1 rings (SSSR count). The topological polar surface area (TPSA) is 61.8 Å². The first-order valence-corrected chi connectivity index (χ1v) is 10.7. The maximum absolute atomic E-state index is 13.0. The molecule has 21 heavy (non-hydrogen) atoms. The Hall–Kier alpha value is -0.440. The third kappa shape index (κ3) is 5.69. The number of benzene rings is 1. The van der Waals surface area contributed by atoms with Crippen molar-refractivity contribution in [3.05, 3.63) is 30.3 Å². The van der Waals surface area contributed by atoms with Gasteiger partial charge in [0.15, 0.2) is 0 Å². The van der Waals surface area contributed by atoms with Gasteiger partial charge in [0.25, 0.3) is 0 Å². The van der Waals surface area contributed by atoms with Crippen molar-refractivity contribution >= 4 is 20.3 Å². The molecule has 0 heterocycles. The molecule has 0 aliphatic heterocycles. The van der Waals surface area contributed by atoms with E-state index in [1.54, 1.807) is 32.9 Å². The van der Waals surface area contributed by atoms with Crippen molar-refractivity contribution < 1.29 is 22.7 Å². The molecule has 1 unspecified atom stereocenters. The summed E-state index contributed by atoms with van der Waals surface area (Å²) in [5, 5.41) is 0.631. The van der Waals surface area contributed by atoms with Gasteiger partial charge >= 0.3 is 7.60 Å². The quantitative estimate of drug-likeness (QED) is 0.608. The van der Waals surface area contributed by atoms with Gasteiger partial charge in [0.1, 0.15) is 0 Å². The van der Waals surface area contributed by atoms with Crippen LogP contribution in [0.25, 0.3) is 0 Å². The second kappa shape index (κ2) is 8.87. The first kappa shape index (κ1) is 18.6. The molecule has 0 aliphatic carbocycles. The van der Waals surface area contributed by atoms with E-state index in [1.165, 1.54) is 0 Å². The third-order valence-electron chi connectivity index (χ3n) is 2.81. The van der Waals surface area contributed by atoms with E-state index in [2.05, 4.69) is 0 Å². The summed E-state index contributed by atoms with van der Waals surface area (Å²) in [6.07, 6.45) is 0.225. The van der Waals surface area contributed by atoms with Gasteiger partial charge in [0.2, 0.25) is 7.37 Å². The summed E-state index contributed by atoms with van der Waals surface area (Å²) >= 11 is 0. The zero-order valence-corrected chi connectivity index (χ0v) is 14.6. The molecule has 7 heteroatoms. The Bertz CT molecular complexity index is 493. The molecule has 0 radical (unpaired) electrons. The van der Waals surface area contributed by atoms with E-state index in [0.717, 1.165) is 0 Å². The molecule has 0 saturated carbocycles. The van der Waals surface area contributed by atoms with Gasteiger partial charge in [-0.3, -0.25) is 9.13 Å². The van der Waals surface area contributed by atoms with Crippen LogP contribution >= 0.6 is 15.0 Å². The predicted molar refractivity (Wildman–Crippen MR) is 85.9 cm³/mol. The average Bonchev–Trinajstić information content (AvgIpc) is 2.47. The van der Waals surface area contributed by atoms with Crippen LogP contribution in [0, 0.1) is 0 Å². The van der Waals surface area contributed by atoms with E-state index in [0.29, 0.717) is 25.1 Å². The predicted octanol–water partition coefficient (Wildman–Crippen LogP) is 3.89. The molecule has 0 bridgehead atoms. The van der Waals surface area contributed by atoms with E-state index >= 15 is 0 Å². The van der Waals surface area contributed by atoms with Gasteiger partial charge in [-0.1, -0.05) is 18.2 Å². The van der Waals surface area contributed by atoms with E-state index in [-0.39, 0.29) is 12.3 Å². The van der Waals surface area contributed by atoms with E-state index in [1.807, 2.05) is 18.2 Å². The van der Waals surface area contributed by atoms with Crippen LogP contribution in [0.2, 0.25) is 0 Å². The Labute approximate surface area is 127 Å². The number of hydrogen-bond acceptors (Lipinski definition) is 5. The van der Waals surface area contributed by atoms with Crippen LogP contribution in [0.15, 0.2) is 30.3 Å². The molecule has 5 nitrogen and oxygen atoms in total. The second-order valence-corrected chi connectivity index (χ2v) is 9.07. The maximum atomic E-state index is 13.0. The van der Waals surface area contributed by atoms with Crippen molar-refractivity contribution in [3.8, 4) is 0 Å². The maximum Gasteiger partial charge on any atom is 0.331 e. The summed E-state index contributed by atoms with van der Waals surface area (Å²) in [7, 11) is -6.26. The molecule has 1 aromatic rings. The lowest BCUT2D eigenvalue weighted by molar-refractivity contribution is 0.221. The Morgan fingerprint density at radius 2 is 1.33 bits per heavy atom. The zero-order valence-electron chi connectivity index (χ0n) is 12.9. The van der Waals surface area contributed by atoms with Gasteiger partial charge in [0.05, 0.1) is 26.0 Å². The fourth-order valence-corrected chi connectivity index (χ4v) is 6.68. The Kier molecular flexibility index (Phi) is 7.86. The van der Waals surface area contributed by atoms with Crippen LogP contribution < -0.4 is 5.30 Å². The highest BCUT2D eigenvalue weighted by Gasteiger charge is 2.32. The summed E-state index contributed by atoms with van der Waals surface area (Å²) in [6, 6.07) is 9.01. The van der Waals surface area contributed by atoms with E-state index in [9.17, 15) is 9.13 Å². The molecule has 0 saturated heterocycles. The standard InChI is InChI=1S/C14H24O5P2/c1-4-17-20(15,14-10-8-7-9-11-14)12-13-21(16,18-5-2)19-6-3/h7-11H,4-6,12-13H2,1-3H3. The molecule has 0 amide bonds. The summed E-state index contributed by atoms with van der Waals surface area (Å²) in [5.74, 6) is 0. The minimum atomic E-state index is -3.21. The lowest BCUT2D eigenvalue weighted by atomic mass is 10.4. The molecule has 0 aromatic heterocycles. The van der Waals surface area contributed by atoms with Crippen molar-refractivity contribution in [2.24, 2.45) is 0 Å². The molecule has 1 aromatic carbocycles. The van der Waals surface area contributed by atoms with Crippen LogP contribution in [0.4, 0.5) is 0 Å². The molecule has 120 valence electrons.